The summed E-state index contributed by atoms with van der Waals surface area (Å²) in [4.78, 5) is 2.41. The van der Waals surface area contributed by atoms with E-state index in [4.69, 9.17) is 5.73 Å². The Balaban J connectivity index is 2.18. The van der Waals surface area contributed by atoms with Gasteiger partial charge in [0.15, 0.2) is 0 Å². The minimum Gasteiger partial charge on any atom is -0.329 e. The molecular formula is C9H20N2. The average Bonchev–Trinajstić information content (AvgIpc) is 2.74. The normalized spacial score (nSPS) is 20.7. The molecule has 1 aliphatic rings. The van der Waals surface area contributed by atoms with Gasteiger partial charge in [0.25, 0.3) is 0 Å². The van der Waals surface area contributed by atoms with Gasteiger partial charge < -0.3 is 10.6 Å². The van der Waals surface area contributed by atoms with Crippen LogP contribution >= 0.6 is 0 Å². The molecule has 0 aromatic carbocycles. The van der Waals surface area contributed by atoms with Crippen LogP contribution in [0.2, 0.25) is 0 Å². The number of hydrogen-bond donors (Lipinski definition) is 1. The molecule has 0 aromatic heterocycles. The van der Waals surface area contributed by atoms with E-state index in [9.17, 15) is 0 Å². The van der Waals surface area contributed by atoms with Crippen molar-refractivity contribution in [1.82, 2.24) is 4.90 Å². The first kappa shape index (κ1) is 9.01. The lowest BCUT2D eigenvalue weighted by Crippen LogP contribution is -2.38. The van der Waals surface area contributed by atoms with Crippen LogP contribution in [-0.2, 0) is 0 Å². The van der Waals surface area contributed by atoms with Gasteiger partial charge in [-0.3, -0.25) is 0 Å². The molecule has 2 heteroatoms. The first-order valence-electron chi connectivity index (χ1n) is 4.68. The lowest BCUT2D eigenvalue weighted by atomic mass is 10.2. The topological polar surface area (TPSA) is 29.3 Å². The molecule has 2 nitrogen and oxygen atoms in total. The molecule has 66 valence electrons. The predicted octanol–water partition coefficient (Wildman–Crippen LogP) is 1.07. The third-order valence-corrected chi connectivity index (χ3v) is 2.61. The van der Waals surface area contributed by atoms with E-state index in [1.165, 1.54) is 25.8 Å². The van der Waals surface area contributed by atoms with Crippen molar-refractivity contribution in [3.8, 4) is 0 Å². The number of rotatable bonds is 5. The molecule has 0 heterocycles. The molecule has 1 atom stereocenters. The Morgan fingerprint density at radius 2 is 2.18 bits per heavy atom. The Bertz CT molecular complexity index is 106. The summed E-state index contributed by atoms with van der Waals surface area (Å²) in [5.41, 5.74) is 5.64. The molecule has 1 fully saturated rings. The van der Waals surface area contributed by atoms with Gasteiger partial charge in [0.05, 0.1) is 0 Å². The van der Waals surface area contributed by atoms with Crippen LogP contribution < -0.4 is 5.73 Å². The first-order valence-corrected chi connectivity index (χ1v) is 4.68. The fourth-order valence-corrected chi connectivity index (χ4v) is 1.52. The number of likely N-dealkylation sites (N-methyl/N-ethyl adjacent to an activating group) is 1. The highest BCUT2D eigenvalue weighted by Gasteiger charge is 2.24. The van der Waals surface area contributed by atoms with Gasteiger partial charge in [-0.2, -0.15) is 0 Å². The van der Waals surface area contributed by atoms with Crippen molar-refractivity contribution in [3.63, 3.8) is 0 Å². The van der Waals surface area contributed by atoms with E-state index < -0.39 is 0 Å². The van der Waals surface area contributed by atoms with Crippen molar-refractivity contribution in [1.29, 1.82) is 0 Å². The SMILES string of the molecule is CCC(CN)N(C)CC1CC1. The molecule has 0 bridgehead atoms. The van der Waals surface area contributed by atoms with Crippen LogP contribution in [0.5, 0.6) is 0 Å². The second-order valence-electron chi connectivity index (χ2n) is 3.68. The molecule has 1 unspecified atom stereocenters. The summed E-state index contributed by atoms with van der Waals surface area (Å²) in [5, 5.41) is 0. The molecule has 0 aliphatic heterocycles. The lowest BCUT2D eigenvalue weighted by Gasteiger charge is -2.25. The second kappa shape index (κ2) is 4.07. The molecule has 1 rings (SSSR count). The summed E-state index contributed by atoms with van der Waals surface area (Å²) in [7, 11) is 2.19. The fourth-order valence-electron chi connectivity index (χ4n) is 1.52. The van der Waals surface area contributed by atoms with Crippen LogP contribution in [0.3, 0.4) is 0 Å². The van der Waals surface area contributed by atoms with Crippen LogP contribution in [0.1, 0.15) is 26.2 Å². The van der Waals surface area contributed by atoms with Gasteiger partial charge in [-0.25, -0.2) is 0 Å². The maximum atomic E-state index is 5.64. The zero-order chi connectivity index (χ0) is 8.27. The Morgan fingerprint density at radius 3 is 2.55 bits per heavy atom. The van der Waals surface area contributed by atoms with E-state index in [2.05, 4.69) is 18.9 Å². The highest BCUT2D eigenvalue weighted by Crippen LogP contribution is 2.29. The third-order valence-electron chi connectivity index (χ3n) is 2.61. The molecule has 0 spiro atoms. The summed E-state index contributed by atoms with van der Waals surface area (Å²) < 4.78 is 0. The maximum absolute atomic E-state index is 5.64. The standard InChI is InChI=1S/C9H20N2/c1-3-9(6-10)11(2)7-8-4-5-8/h8-9H,3-7,10H2,1-2H3. The Morgan fingerprint density at radius 1 is 1.55 bits per heavy atom. The Kier molecular flexibility index (Phi) is 3.34. The van der Waals surface area contributed by atoms with Crippen molar-refractivity contribution in [3.05, 3.63) is 0 Å². The van der Waals surface area contributed by atoms with Crippen LogP contribution in [-0.4, -0.2) is 31.1 Å². The van der Waals surface area contributed by atoms with E-state index >= 15 is 0 Å². The summed E-state index contributed by atoms with van der Waals surface area (Å²) in [5.74, 6) is 0.987. The molecule has 0 radical (unpaired) electrons. The van der Waals surface area contributed by atoms with Crippen LogP contribution in [0.4, 0.5) is 0 Å². The van der Waals surface area contributed by atoms with Crippen LogP contribution in [0.15, 0.2) is 0 Å². The van der Waals surface area contributed by atoms with Crippen molar-refractivity contribution in [2.75, 3.05) is 20.1 Å². The summed E-state index contributed by atoms with van der Waals surface area (Å²) in [6.07, 6.45) is 4.05. The molecular weight excluding hydrogens is 136 g/mol. The molecule has 1 saturated carbocycles. The van der Waals surface area contributed by atoms with E-state index in [0.29, 0.717) is 6.04 Å². The summed E-state index contributed by atoms with van der Waals surface area (Å²) in [6, 6.07) is 0.607. The summed E-state index contributed by atoms with van der Waals surface area (Å²) >= 11 is 0. The smallest absolute Gasteiger partial charge is 0.0212 e. The lowest BCUT2D eigenvalue weighted by molar-refractivity contribution is 0.232. The Labute approximate surface area is 69.8 Å². The van der Waals surface area contributed by atoms with Crippen molar-refractivity contribution < 1.29 is 0 Å². The quantitative estimate of drug-likeness (QED) is 0.645. The third kappa shape index (κ3) is 2.80. The van der Waals surface area contributed by atoms with Crippen molar-refractivity contribution in [2.45, 2.75) is 32.2 Å². The van der Waals surface area contributed by atoms with Gasteiger partial charge in [-0.05, 0) is 32.2 Å². The van der Waals surface area contributed by atoms with Gasteiger partial charge in [-0.15, -0.1) is 0 Å². The molecule has 2 N–H and O–H groups in total. The van der Waals surface area contributed by atoms with Crippen molar-refractivity contribution >= 4 is 0 Å². The molecule has 11 heavy (non-hydrogen) atoms. The van der Waals surface area contributed by atoms with Gasteiger partial charge in [0.2, 0.25) is 0 Å². The Hall–Kier alpha value is -0.0800. The van der Waals surface area contributed by atoms with E-state index in [-0.39, 0.29) is 0 Å². The number of nitrogens with two attached hydrogens (primary N) is 1. The largest absolute Gasteiger partial charge is 0.329 e. The summed E-state index contributed by atoms with van der Waals surface area (Å²) in [6.45, 7) is 4.27. The molecule has 0 aromatic rings. The average molecular weight is 156 g/mol. The minimum absolute atomic E-state index is 0.607. The number of hydrogen-bond acceptors (Lipinski definition) is 2. The molecule has 1 aliphatic carbocycles. The van der Waals surface area contributed by atoms with Crippen molar-refractivity contribution in [2.24, 2.45) is 11.7 Å². The van der Waals surface area contributed by atoms with Gasteiger partial charge in [0, 0.05) is 19.1 Å². The molecule has 0 saturated heterocycles. The maximum Gasteiger partial charge on any atom is 0.0212 e. The highest BCUT2D eigenvalue weighted by atomic mass is 15.1. The number of nitrogens with zero attached hydrogens (tertiary/aromatic N) is 1. The zero-order valence-corrected chi connectivity index (χ0v) is 7.71. The fraction of sp³-hybridized carbons (Fsp3) is 1.00. The van der Waals surface area contributed by atoms with Gasteiger partial charge in [-0.1, -0.05) is 6.92 Å². The monoisotopic (exact) mass is 156 g/mol. The zero-order valence-electron chi connectivity index (χ0n) is 7.71. The first-order chi connectivity index (χ1) is 5.27. The van der Waals surface area contributed by atoms with Crippen LogP contribution in [0.25, 0.3) is 0 Å². The molecule has 0 amide bonds. The van der Waals surface area contributed by atoms with E-state index in [0.717, 1.165) is 12.5 Å². The van der Waals surface area contributed by atoms with E-state index in [1.807, 2.05) is 0 Å². The minimum atomic E-state index is 0.607. The second-order valence-corrected chi connectivity index (χ2v) is 3.68. The predicted molar refractivity (Wildman–Crippen MR) is 48.5 cm³/mol. The van der Waals surface area contributed by atoms with Gasteiger partial charge in [0.1, 0.15) is 0 Å². The van der Waals surface area contributed by atoms with Crippen LogP contribution in [0, 0.1) is 5.92 Å². The van der Waals surface area contributed by atoms with Gasteiger partial charge >= 0.3 is 0 Å². The highest BCUT2D eigenvalue weighted by molar-refractivity contribution is 4.79. The van der Waals surface area contributed by atoms with E-state index in [1.54, 1.807) is 0 Å².